The summed E-state index contributed by atoms with van der Waals surface area (Å²) in [6.07, 6.45) is 0.983. The second-order valence-corrected chi connectivity index (χ2v) is 4.97. The molecule has 2 aromatic rings. The Hall–Kier alpha value is -1.94. The number of nitrogens with one attached hydrogen (secondary N) is 1. The van der Waals surface area contributed by atoms with Crippen molar-refractivity contribution < 1.29 is 9.90 Å². The van der Waals surface area contributed by atoms with Gasteiger partial charge in [-0.1, -0.05) is 48.3 Å². The van der Waals surface area contributed by atoms with Crippen molar-refractivity contribution >= 4 is 23.6 Å². The highest BCUT2D eigenvalue weighted by Crippen LogP contribution is 2.15. The molecule has 0 aliphatic rings. The third kappa shape index (κ3) is 4.34. The molecule has 4 heteroatoms. The van der Waals surface area contributed by atoms with Gasteiger partial charge >= 0.3 is 5.97 Å². The Balaban J connectivity index is 1.80. The molecule has 0 radical (unpaired) electrons. The molecule has 0 atom stereocenters. The van der Waals surface area contributed by atoms with Gasteiger partial charge < -0.3 is 9.83 Å². The SMILES string of the molecule is O=C(O)c1cccc(NSCCc2ccccc2)c1. The average molecular weight is 273 g/mol. The molecular formula is C15H15NO2S. The Morgan fingerprint density at radius 1 is 1.11 bits per heavy atom. The first-order valence-corrected chi connectivity index (χ1v) is 6.99. The summed E-state index contributed by atoms with van der Waals surface area (Å²) in [6.45, 7) is 0. The molecule has 2 N–H and O–H groups in total. The van der Waals surface area contributed by atoms with E-state index in [0.29, 0.717) is 5.56 Å². The van der Waals surface area contributed by atoms with Crippen molar-refractivity contribution in [3.05, 3.63) is 65.7 Å². The number of aryl methyl sites for hydroxylation is 1. The molecule has 0 aliphatic heterocycles. The molecule has 2 rings (SSSR count). The van der Waals surface area contributed by atoms with Crippen molar-refractivity contribution in [2.75, 3.05) is 10.5 Å². The fourth-order valence-electron chi connectivity index (χ4n) is 1.66. The van der Waals surface area contributed by atoms with Crippen molar-refractivity contribution in [3.8, 4) is 0 Å². The molecule has 0 aromatic heterocycles. The zero-order valence-corrected chi connectivity index (χ0v) is 11.2. The van der Waals surface area contributed by atoms with E-state index in [9.17, 15) is 4.79 Å². The van der Waals surface area contributed by atoms with Crippen LogP contribution in [0.1, 0.15) is 15.9 Å². The second-order valence-electron chi connectivity index (χ2n) is 4.07. The maximum absolute atomic E-state index is 10.8. The van der Waals surface area contributed by atoms with Crippen LogP contribution >= 0.6 is 11.9 Å². The minimum absolute atomic E-state index is 0.300. The third-order valence-corrected chi connectivity index (χ3v) is 3.42. The van der Waals surface area contributed by atoms with Crippen LogP contribution in [-0.2, 0) is 6.42 Å². The molecule has 0 bridgehead atoms. The van der Waals surface area contributed by atoms with Crippen LogP contribution in [0.3, 0.4) is 0 Å². The zero-order chi connectivity index (χ0) is 13.5. The lowest BCUT2D eigenvalue weighted by Crippen LogP contribution is -1.98. The number of rotatable bonds is 6. The van der Waals surface area contributed by atoms with Gasteiger partial charge in [0.15, 0.2) is 0 Å². The quantitative estimate of drug-likeness (QED) is 0.622. The third-order valence-electron chi connectivity index (χ3n) is 2.64. The molecule has 0 saturated heterocycles. The van der Waals surface area contributed by atoms with Crippen LogP contribution in [-0.4, -0.2) is 16.8 Å². The van der Waals surface area contributed by atoms with Crippen LogP contribution in [0, 0.1) is 0 Å². The first-order valence-electron chi connectivity index (χ1n) is 6.01. The Bertz CT molecular complexity index is 543. The van der Waals surface area contributed by atoms with Crippen LogP contribution in [0.15, 0.2) is 54.6 Å². The number of hydrogen-bond donors (Lipinski definition) is 2. The topological polar surface area (TPSA) is 49.3 Å². The number of hydrogen-bond acceptors (Lipinski definition) is 3. The average Bonchev–Trinajstić information content (AvgIpc) is 2.45. The molecular weight excluding hydrogens is 258 g/mol. The highest BCUT2D eigenvalue weighted by atomic mass is 32.2. The molecule has 0 saturated carbocycles. The Morgan fingerprint density at radius 3 is 2.63 bits per heavy atom. The maximum atomic E-state index is 10.8. The lowest BCUT2D eigenvalue weighted by molar-refractivity contribution is 0.0697. The van der Waals surface area contributed by atoms with Gasteiger partial charge in [0, 0.05) is 11.4 Å². The van der Waals surface area contributed by atoms with Crippen LogP contribution in [0.2, 0.25) is 0 Å². The van der Waals surface area contributed by atoms with E-state index in [1.807, 2.05) is 24.3 Å². The summed E-state index contributed by atoms with van der Waals surface area (Å²) < 4.78 is 3.16. The number of carboxylic acid groups (broad SMARTS) is 1. The van der Waals surface area contributed by atoms with Crippen molar-refractivity contribution in [1.29, 1.82) is 0 Å². The monoisotopic (exact) mass is 273 g/mol. The van der Waals surface area contributed by atoms with Gasteiger partial charge in [0.2, 0.25) is 0 Å². The maximum Gasteiger partial charge on any atom is 0.335 e. The van der Waals surface area contributed by atoms with E-state index >= 15 is 0 Å². The van der Waals surface area contributed by atoms with Gasteiger partial charge in [-0.25, -0.2) is 4.79 Å². The Kier molecular flexibility index (Phi) is 4.86. The highest BCUT2D eigenvalue weighted by Gasteiger charge is 2.02. The normalized spacial score (nSPS) is 10.1. The molecule has 0 amide bonds. The van der Waals surface area contributed by atoms with Crippen LogP contribution in [0.4, 0.5) is 5.69 Å². The van der Waals surface area contributed by atoms with Gasteiger partial charge in [0.05, 0.1) is 5.56 Å². The smallest absolute Gasteiger partial charge is 0.335 e. The summed E-state index contributed by atoms with van der Waals surface area (Å²) in [5, 5.41) is 8.89. The Morgan fingerprint density at radius 2 is 1.89 bits per heavy atom. The van der Waals surface area contributed by atoms with Crippen LogP contribution in [0.25, 0.3) is 0 Å². The van der Waals surface area contributed by atoms with Crippen molar-refractivity contribution in [2.24, 2.45) is 0 Å². The van der Waals surface area contributed by atoms with Crippen molar-refractivity contribution in [3.63, 3.8) is 0 Å². The minimum atomic E-state index is -0.905. The second kappa shape index (κ2) is 6.85. The number of aromatic carboxylic acids is 1. The first-order chi connectivity index (χ1) is 9.25. The molecule has 0 unspecified atom stereocenters. The molecule has 0 spiro atoms. The van der Waals surface area contributed by atoms with Crippen LogP contribution < -0.4 is 4.72 Å². The summed E-state index contributed by atoms with van der Waals surface area (Å²) in [7, 11) is 0. The number of anilines is 1. The molecule has 98 valence electrons. The van der Waals surface area contributed by atoms with E-state index in [1.165, 1.54) is 5.56 Å². The van der Waals surface area contributed by atoms with E-state index in [2.05, 4.69) is 16.9 Å². The summed E-state index contributed by atoms with van der Waals surface area (Å²) in [6, 6.07) is 17.1. The standard InChI is InChI=1S/C15H15NO2S/c17-15(18)13-7-4-8-14(11-13)16-19-10-9-12-5-2-1-3-6-12/h1-8,11,16H,9-10H2,(H,17,18). The highest BCUT2D eigenvalue weighted by molar-refractivity contribution is 8.00. The fraction of sp³-hybridized carbons (Fsp3) is 0.133. The summed E-state index contributed by atoms with van der Waals surface area (Å²) in [5.74, 6) is 0.0272. The first kappa shape index (κ1) is 13.5. The van der Waals surface area contributed by atoms with E-state index in [4.69, 9.17) is 5.11 Å². The lowest BCUT2D eigenvalue weighted by Gasteiger charge is -2.06. The van der Waals surface area contributed by atoms with E-state index in [-0.39, 0.29) is 0 Å². The fourth-order valence-corrected chi connectivity index (χ4v) is 2.40. The number of carboxylic acids is 1. The molecule has 0 heterocycles. The van der Waals surface area contributed by atoms with Gasteiger partial charge in [-0.05, 0) is 30.2 Å². The molecule has 0 fully saturated rings. The molecule has 2 aromatic carbocycles. The van der Waals surface area contributed by atoms with E-state index in [1.54, 1.807) is 30.1 Å². The largest absolute Gasteiger partial charge is 0.478 e. The number of benzene rings is 2. The zero-order valence-electron chi connectivity index (χ0n) is 10.4. The predicted octanol–water partition coefficient (Wildman–Crippen LogP) is 3.69. The van der Waals surface area contributed by atoms with Crippen molar-refractivity contribution in [2.45, 2.75) is 6.42 Å². The van der Waals surface area contributed by atoms with Crippen LogP contribution in [0.5, 0.6) is 0 Å². The predicted molar refractivity (Wildman–Crippen MR) is 79.6 cm³/mol. The van der Waals surface area contributed by atoms with Crippen molar-refractivity contribution in [1.82, 2.24) is 0 Å². The Labute approximate surface area is 116 Å². The summed E-state index contributed by atoms with van der Waals surface area (Å²) in [5.41, 5.74) is 2.42. The van der Waals surface area contributed by atoms with Gasteiger partial charge in [-0.2, -0.15) is 0 Å². The van der Waals surface area contributed by atoms with Gasteiger partial charge in [-0.3, -0.25) is 0 Å². The lowest BCUT2D eigenvalue weighted by atomic mass is 10.2. The van der Waals surface area contributed by atoms with E-state index in [0.717, 1.165) is 17.9 Å². The molecule has 3 nitrogen and oxygen atoms in total. The molecule has 0 aliphatic carbocycles. The van der Waals surface area contributed by atoms with Gasteiger partial charge in [0.1, 0.15) is 0 Å². The molecule has 19 heavy (non-hydrogen) atoms. The van der Waals surface area contributed by atoms with Gasteiger partial charge in [0.25, 0.3) is 0 Å². The minimum Gasteiger partial charge on any atom is -0.478 e. The number of carbonyl (C=O) groups is 1. The summed E-state index contributed by atoms with van der Waals surface area (Å²) >= 11 is 1.58. The van der Waals surface area contributed by atoms with Gasteiger partial charge in [-0.15, -0.1) is 0 Å². The summed E-state index contributed by atoms with van der Waals surface area (Å²) in [4.78, 5) is 10.8. The van der Waals surface area contributed by atoms with E-state index < -0.39 is 5.97 Å².